The number of nitrogens with one attached hydrogen (secondary N) is 1. The molecule has 0 heterocycles. The molecule has 0 saturated heterocycles. The summed E-state index contributed by atoms with van der Waals surface area (Å²) in [6.07, 6.45) is 6.36. The van der Waals surface area contributed by atoms with Crippen molar-refractivity contribution in [3.8, 4) is 0 Å². The molecule has 1 aromatic carbocycles. The summed E-state index contributed by atoms with van der Waals surface area (Å²) in [5.41, 5.74) is 2.64. The average molecular weight is 188 g/mol. The monoisotopic (exact) mass is 188 g/mol. The van der Waals surface area contributed by atoms with Crippen molar-refractivity contribution in [1.29, 1.82) is 0 Å². The first kappa shape index (κ1) is 9.25. The lowest BCUT2D eigenvalue weighted by Gasteiger charge is -2.15. The molecule has 1 radical (unpaired) electrons. The van der Waals surface area contributed by atoms with Gasteiger partial charge in [-0.1, -0.05) is 30.7 Å². The predicted molar refractivity (Wildman–Crippen MR) is 55.6 cm³/mol. The number of hydrogen-bond acceptors (Lipinski definition) is 1. The molecular weight excluding hydrogens is 174 g/mol. The molecule has 0 saturated carbocycles. The molecule has 0 bridgehead atoms. The number of fused-ring (bicyclic) bond motifs is 1. The van der Waals surface area contributed by atoms with Gasteiger partial charge in [0.2, 0.25) is 0 Å². The zero-order valence-electron chi connectivity index (χ0n) is 8.12. The highest BCUT2D eigenvalue weighted by atomic mass is 16.1. The van der Waals surface area contributed by atoms with Crippen LogP contribution in [-0.4, -0.2) is 6.41 Å². The lowest BCUT2D eigenvalue weighted by atomic mass is 9.99. The minimum Gasteiger partial charge on any atom is -0.341 e. The molecule has 1 aliphatic carbocycles. The van der Waals surface area contributed by atoms with Crippen LogP contribution in [-0.2, 0) is 11.2 Å². The van der Waals surface area contributed by atoms with Crippen LogP contribution in [0.25, 0.3) is 0 Å². The molecule has 2 nitrogen and oxygen atoms in total. The Labute approximate surface area is 84.3 Å². The zero-order chi connectivity index (χ0) is 9.80. The first-order valence-electron chi connectivity index (χ1n) is 5.12. The number of carbonyl (C=O) groups excluding carboxylic acids is 1. The first-order chi connectivity index (χ1) is 6.92. The van der Waals surface area contributed by atoms with Crippen LogP contribution in [0.15, 0.2) is 24.3 Å². The molecule has 0 fully saturated rings. The normalized spacial score (nSPS) is 20.7. The molecular formula is C12H14NO. The van der Waals surface area contributed by atoms with Crippen molar-refractivity contribution in [1.82, 2.24) is 5.32 Å². The largest absolute Gasteiger partial charge is 0.341 e. The van der Waals surface area contributed by atoms with E-state index in [1.54, 1.807) is 6.41 Å². The maximum Gasteiger partial charge on any atom is 0.309 e. The quantitative estimate of drug-likeness (QED) is 0.559. The second-order valence-corrected chi connectivity index (χ2v) is 3.74. The molecule has 0 aliphatic heterocycles. The Morgan fingerprint density at radius 3 is 3.00 bits per heavy atom. The molecule has 1 atom stereocenters. The number of hydrogen-bond donors (Lipinski definition) is 1. The molecule has 0 aromatic heterocycles. The minimum atomic E-state index is 0.172. The van der Waals surface area contributed by atoms with Crippen molar-refractivity contribution >= 4 is 6.41 Å². The van der Waals surface area contributed by atoms with E-state index < -0.39 is 0 Å². The zero-order valence-corrected chi connectivity index (χ0v) is 8.12. The molecule has 2 heteroatoms. The molecule has 2 rings (SSSR count). The summed E-state index contributed by atoms with van der Waals surface area (Å²) < 4.78 is 0. The predicted octanol–water partition coefficient (Wildman–Crippen LogP) is 2.11. The van der Waals surface area contributed by atoms with E-state index >= 15 is 0 Å². The fourth-order valence-corrected chi connectivity index (χ4v) is 2.14. The van der Waals surface area contributed by atoms with Crippen molar-refractivity contribution < 1.29 is 4.79 Å². The van der Waals surface area contributed by atoms with Crippen molar-refractivity contribution in [2.75, 3.05) is 0 Å². The third kappa shape index (κ3) is 1.79. The summed E-state index contributed by atoms with van der Waals surface area (Å²) in [4.78, 5) is 10.4. The first-order valence-corrected chi connectivity index (χ1v) is 5.12. The van der Waals surface area contributed by atoms with Gasteiger partial charge in [0, 0.05) is 0 Å². The van der Waals surface area contributed by atoms with Crippen LogP contribution in [0, 0.1) is 0 Å². The van der Waals surface area contributed by atoms with Crippen LogP contribution in [0.1, 0.15) is 36.4 Å². The molecule has 14 heavy (non-hydrogen) atoms. The van der Waals surface area contributed by atoms with Gasteiger partial charge in [0.15, 0.2) is 0 Å². The van der Waals surface area contributed by atoms with Crippen LogP contribution >= 0.6 is 0 Å². The van der Waals surface area contributed by atoms with E-state index in [2.05, 4.69) is 23.5 Å². The average Bonchev–Trinajstić information content (AvgIpc) is 2.42. The highest BCUT2D eigenvalue weighted by molar-refractivity contribution is 5.49. The summed E-state index contributed by atoms with van der Waals surface area (Å²) in [6, 6.07) is 8.52. The molecule has 0 spiro atoms. The lowest BCUT2D eigenvalue weighted by molar-refractivity contribution is 0.505. The molecule has 1 aliphatic rings. The summed E-state index contributed by atoms with van der Waals surface area (Å²) in [5, 5.41) is 2.78. The van der Waals surface area contributed by atoms with Gasteiger partial charge in [-0.25, -0.2) is 0 Å². The van der Waals surface area contributed by atoms with E-state index in [1.165, 1.54) is 24.0 Å². The molecule has 1 amide bonds. The topological polar surface area (TPSA) is 29.1 Å². The highest BCUT2D eigenvalue weighted by Crippen LogP contribution is 2.27. The van der Waals surface area contributed by atoms with Crippen molar-refractivity contribution in [2.24, 2.45) is 0 Å². The smallest absolute Gasteiger partial charge is 0.309 e. The Bertz CT molecular complexity index is 322. The van der Waals surface area contributed by atoms with Gasteiger partial charge < -0.3 is 5.32 Å². The Hall–Kier alpha value is -1.31. The van der Waals surface area contributed by atoms with Gasteiger partial charge in [0.05, 0.1) is 6.04 Å². The summed E-state index contributed by atoms with van der Waals surface area (Å²) in [7, 11) is 0. The van der Waals surface area contributed by atoms with Gasteiger partial charge in [-0.15, -0.1) is 0 Å². The van der Waals surface area contributed by atoms with Crippen LogP contribution < -0.4 is 5.32 Å². The third-order valence-corrected chi connectivity index (χ3v) is 2.85. The number of rotatable bonds is 2. The van der Waals surface area contributed by atoms with Crippen LogP contribution in [0.2, 0.25) is 0 Å². The fraction of sp³-hybridized carbons (Fsp3) is 0.417. The SMILES string of the molecule is O=[C]NC1CCCCc2ccccc21. The van der Waals surface area contributed by atoms with Crippen LogP contribution in [0.4, 0.5) is 0 Å². The van der Waals surface area contributed by atoms with Crippen molar-refractivity contribution in [3.63, 3.8) is 0 Å². The van der Waals surface area contributed by atoms with Gasteiger partial charge in [-0.2, -0.15) is 0 Å². The number of benzene rings is 1. The van der Waals surface area contributed by atoms with E-state index in [0.717, 1.165) is 12.8 Å². The van der Waals surface area contributed by atoms with Gasteiger partial charge in [-0.05, 0) is 30.4 Å². The Morgan fingerprint density at radius 1 is 1.29 bits per heavy atom. The minimum absolute atomic E-state index is 0.172. The molecule has 1 N–H and O–H groups in total. The Morgan fingerprint density at radius 2 is 2.14 bits per heavy atom. The Kier molecular flexibility index (Phi) is 2.82. The molecule has 1 aromatic rings. The van der Waals surface area contributed by atoms with E-state index in [0.29, 0.717) is 0 Å². The molecule has 73 valence electrons. The Balaban J connectivity index is 2.31. The van der Waals surface area contributed by atoms with Gasteiger partial charge >= 0.3 is 6.41 Å². The fourth-order valence-electron chi connectivity index (χ4n) is 2.14. The number of aryl methyl sites for hydroxylation is 1. The van der Waals surface area contributed by atoms with Crippen LogP contribution in [0.5, 0.6) is 0 Å². The maximum atomic E-state index is 10.4. The van der Waals surface area contributed by atoms with E-state index in [9.17, 15) is 4.79 Å². The van der Waals surface area contributed by atoms with E-state index in [1.807, 2.05) is 6.07 Å². The lowest BCUT2D eigenvalue weighted by Crippen LogP contribution is -2.19. The standard InChI is InChI=1S/C12H14NO/c14-9-13-12-8-4-2-6-10-5-1-3-7-11(10)12/h1,3,5,7,12H,2,4,6,8H2,(H,13,14). The van der Waals surface area contributed by atoms with Crippen molar-refractivity contribution in [2.45, 2.75) is 31.7 Å². The molecule has 1 unspecified atom stereocenters. The van der Waals surface area contributed by atoms with E-state index in [-0.39, 0.29) is 6.04 Å². The third-order valence-electron chi connectivity index (χ3n) is 2.85. The van der Waals surface area contributed by atoms with Crippen molar-refractivity contribution in [3.05, 3.63) is 35.4 Å². The summed E-state index contributed by atoms with van der Waals surface area (Å²) >= 11 is 0. The number of amides is 1. The maximum absolute atomic E-state index is 10.4. The van der Waals surface area contributed by atoms with Gasteiger partial charge in [-0.3, -0.25) is 4.79 Å². The second-order valence-electron chi connectivity index (χ2n) is 3.74. The van der Waals surface area contributed by atoms with Gasteiger partial charge in [0.25, 0.3) is 0 Å². The summed E-state index contributed by atoms with van der Waals surface area (Å²) in [5.74, 6) is 0. The second kappa shape index (κ2) is 4.27. The highest BCUT2D eigenvalue weighted by Gasteiger charge is 2.17. The van der Waals surface area contributed by atoms with E-state index in [4.69, 9.17) is 0 Å². The summed E-state index contributed by atoms with van der Waals surface area (Å²) in [6.45, 7) is 0. The van der Waals surface area contributed by atoms with Crippen LogP contribution in [0.3, 0.4) is 0 Å². The van der Waals surface area contributed by atoms with Gasteiger partial charge in [0.1, 0.15) is 0 Å².